The van der Waals surface area contributed by atoms with Crippen molar-refractivity contribution in [1.29, 1.82) is 1.28 Å². The van der Waals surface area contributed by atoms with Gasteiger partial charge in [0.1, 0.15) is 0 Å². The number of benzene rings is 8. The number of rotatable bonds is 8. The van der Waals surface area contributed by atoms with E-state index < -0.39 is 22.8 Å². The first-order valence-corrected chi connectivity index (χ1v) is 30.3. The van der Waals surface area contributed by atoms with E-state index in [2.05, 4.69) is 172 Å². The molecule has 0 aromatic heterocycles. The summed E-state index contributed by atoms with van der Waals surface area (Å²) in [5, 5.41) is 9.09. The fourth-order valence-electron chi connectivity index (χ4n) is 6.93. The average molecular weight is 1170 g/mol. The predicted octanol–water partition coefficient (Wildman–Crippen LogP) is 15.3. The van der Waals surface area contributed by atoms with Crippen molar-refractivity contribution < 1.29 is 9.13 Å². The summed E-state index contributed by atoms with van der Waals surface area (Å²) in [6.45, 7) is 12.3. The lowest BCUT2D eigenvalue weighted by Gasteiger charge is -2.28. The zero-order valence-corrected chi connectivity index (χ0v) is 46.6. The fraction of sp³-hybridized carbons (Fsp3) is 0.154. The molecule has 0 bridgehead atoms. The van der Waals surface area contributed by atoms with Gasteiger partial charge in [0.15, 0.2) is 17.8 Å². The molecule has 0 aliphatic rings. The van der Waals surface area contributed by atoms with Crippen molar-refractivity contribution in [3.05, 3.63) is 207 Å². The molecule has 0 N–H and O–H groups in total. The molecular weight excluding hydrogens is 1110 g/mol. The van der Waals surface area contributed by atoms with Gasteiger partial charge in [0.2, 0.25) is 0 Å². The van der Waals surface area contributed by atoms with E-state index in [1.807, 2.05) is 133 Å². The molecule has 8 aromatic rings. The van der Waals surface area contributed by atoms with Crippen molar-refractivity contribution in [3.8, 4) is 0 Å². The van der Waals surface area contributed by atoms with E-state index in [-0.39, 0.29) is 0 Å². The monoisotopic (exact) mass is 1170 g/mol. The van der Waals surface area contributed by atoms with Gasteiger partial charge in [0.05, 0.1) is 1.28 Å². The van der Waals surface area contributed by atoms with Crippen LogP contribution in [0.25, 0.3) is 21.5 Å². The molecule has 0 amide bonds. The number of hydrogen-bond acceptors (Lipinski definition) is 3. The first kappa shape index (κ1) is 51.5. The van der Waals surface area contributed by atoms with Crippen LogP contribution in [0, 0.1) is 3.57 Å². The lowest BCUT2D eigenvalue weighted by molar-refractivity contribution is 0.185. The van der Waals surface area contributed by atoms with Gasteiger partial charge >= 0.3 is 7.80 Å². The molecule has 0 aliphatic heterocycles. The first-order valence-electron chi connectivity index (χ1n) is 21.0. The maximum absolute atomic E-state index is 14.5. The molecule has 0 aliphatic carbocycles. The largest absolute Gasteiger partial charge is 0.415 e. The zero-order valence-electron chi connectivity index (χ0n) is 37.2. The number of halogens is 3. The SMILES string of the molecule is Brc1cc2ccccc2cc1I.CCN(C(C)C)C(C)C.O=P(c1ccccc1)(c1ccccc1)c1cc2ccccc2cc1Br.O=[P+](c1ccccc1)c1ccccc1.[2H]P(P)P. The van der Waals surface area contributed by atoms with Crippen molar-refractivity contribution in [2.45, 2.75) is 46.7 Å². The topological polar surface area (TPSA) is 37.4 Å². The van der Waals surface area contributed by atoms with E-state index in [4.69, 9.17) is 1.28 Å². The van der Waals surface area contributed by atoms with E-state index in [1.54, 1.807) is 0 Å². The van der Waals surface area contributed by atoms with Gasteiger partial charge in [-0.25, -0.2) is 0 Å². The lowest BCUT2D eigenvalue weighted by atomic mass is 10.1. The summed E-state index contributed by atoms with van der Waals surface area (Å²) in [5.74, 6) is 0. The highest BCUT2D eigenvalue weighted by Crippen LogP contribution is 2.45. The first-order chi connectivity index (χ1) is 30.7. The van der Waals surface area contributed by atoms with E-state index in [1.165, 1.54) is 18.8 Å². The van der Waals surface area contributed by atoms with Crippen LogP contribution in [-0.4, -0.2) is 24.8 Å². The van der Waals surface area contributed by atoms with Gasteiger partial charge in [-0.15, -0.1) is 17.9 Å². The highest BCUT2D eigenvalue weighted by Gasteiger charge is 2.31. The van der Waals surface area contributed by atoms with Gasteiger partial charge in [0, 0.05) is 40.5 Å². The molecule has 0 fully saturated rings. The second-order valence-electron chi connectivity index (χ2n) is 14.7. The molecular formula is C52H56Br2INO2P5+. The van der Waals surface area contributed by atoms with Crippen LogP contribution < -0.4 is 26.5 Å². The summed E-state index contributed by atoms with van der Waals surface area (Å²) in [7, 11) is -0.219. The molecule has 0 heterocycles. The summed E-state index contributed by atoms with van der Waals surface area (Å²) in [6.07, 6.45) is 0. The normalized spacial score (nSPS) is 11.0. The quantitative estimate of drug-likeness (QED) is 0.112. The maximum Gasteiger partial charge on any atom is 0.415 e. The van der Waals surface area contributed by atoms with E-state index in [0.717, 1.165) is 48.3 Å². The van der Waals surface area contributed by atoms with E-state index in [0.29, 0.717) is 12.1 Å². The molecule has 63 heavy (non-hydrogen) atoms. The van der Waals surface area contributed by atoms with Crippen LogP contribution in [-0.2, 0) is 9.13 Å². The Morgan fingerprint density at radius 2 is 0.905 bits per heavy atom. The molecule has 3 nitrogen and oxygen atoms in total. The van der Waals surface area contributed by atoms with Crippen LogP contribution in [0.2, 0.25) is 0 Å². The zero-order chi connectivity index (χ0) is 46.6. The second kappa shape index (κ2) is 27.9. The van der Waals surface area contributed by atoms with Gasteiger partial charge in [0.25, 0.3) is 0 Å². The Hall–Kier alpha value is -2.45. The minimum Gasteiger partial charge on any atom is -0.309 e. The molecule has 0 saturated heterocycles. The summed E-state index contributed by atoms with van der Waals surface area (Å²) >= 11 is 9.51. The minimum atomic E-state index is -2.97. The molecule has 0 radical (unpaired) electrons. The Balaban J connectivity index is 0.000000196. The standard InChI is InChI=1S/C22H16BrOP.C12H10OP.C10H6BrI.C8H19N.H5P3/c23-21-15-17-9-7-8-10-18(17)16-22(21)25(24,19-11-3-1-4-12-19)20-13-5-2-6-14-20;13-14(11-7-3-1-4-8-11)12-9-5-2-6-10-12;11-9-5-7-3-1-2-4-8(7)6-10(9)12;1-6-9(7(2)3)8(4)5;1-3-2/h1-16H;1-10H;1-6H;7-8H,6H2,1-5H3;3H,1-2H2/q;+1;;;/i;;;;3D. The van der Waals surface area contributed by atoms with Gasteiger partial charge < -0.3 is 4.57 Å². The van der Waals surface area contributed by atoms with Gasteiger partial charge in [-0.2, -0.15) is 0 Å². The van der Waals surface area contributed by atoms with Crippen LogP contribution in [0.5, 0.6) is 0 Å². The van der Waals surface area contributed by atoms with Crippen molar-refractivity contribution >= 4 is 143 Å². The highest BCUT2D eigenvalue weighted by atomic mass is 127. The summed E-state index contributed by atoms with van der Waals surface area (Å²) < 4.78 is 36.3. The molecule has 0 saturated carbocycles. The molecule has 8 aromatic carbocycles. The number of fused-ring (bicyclic) bond motifs is 2. The Morgan fingerprint density at radius 3 is 1.25 bits per heavy atom. The predicted molar refractivity (Wildman–Crippen MR) is 306 cm³/mol. The van der Waals surface area contributed by atoms with Crippen LogP contribution in [0.4, 0.5) is 0 Å². The number of hydrogen-bond donors (Lipinski definition) is 0. The average Bonchev–Trinajstić information content (AvgIpc) is 3.30. The van der Waals surface area contributed by atoms with Crippen molar-refractivity contribution in [1.82, 2.24) is 4.90 Å². The van der Waals surface area contributed by atoms with Crippen LogP contribution in [0.15, 0.2) is 203 Å². The molecule has 11 heteroatoms. The molecule has 0 spiro atoms. The van der Waals surface area contributed by atoms with Crippen molar-refractivity contribution in [3.63, 3.8) is 0 Å². The Morgan fingerprint density at radius 1 is 0.587 bits per heavy atom. The Labute approximate surface area is 414 Å². The highest BCUT2D eigenvalue weighted by molar-refractivity contribution is 14.1. The third-order valence-electron chi connectivity index (χ3n) is 9.86. The maximum atomic E-state index is 14.5. The smallest absolute Gasteiger partial charge is 0.309 e. The summed E-state index contributed by atoms with van der Waals surface area (Å²) in [5.41, 5.74) is 0. The molecule has 326 valence electrons. The summed E-state index contributed by atoms with van der Waals surface area (Å²) in [6, 6.07) is 64.9. The molecule has 2 unspecified atom stereocenters. The Bertz CT molecular complexity index is 2560. The van der Waals surface area contributed by atoms with Gasteiger partial charge in [-0.1, -0.05) is 165 Å². The van der Waals surface area contributed by atoms with Crippen LogP contribution in [0.3, 0.4) is 0 Å². The fourth-order valence-corrected chi connectivity index (χ4v) is 12.8. The Kier molecular flexibility index (Phi) is 22.8. The lowest BCUT2D eigenvalue weighted by Crippen LogP contribution is -2.36. The van der Waals surface area contributed by atoms with E-state index >= 15 is 0 Å². The van der Waals surface area contributed by atoms with E-state index in [9.17, 15) is 9.13 Å². The third kappa shape index (κ3) is 15.9. The molecule has 2 atom stereocenters. The minimum absolute atomic E-state index is 0.537. The third-order valence-corrected chi connectivity index (χ3v) is 17.7. The van der Waals surface area contributed by atoms with Gasteiger partial charge in [-0.05, 0) is 159 Å². The van der Waals surface area contributed by atoms with Crippen molar-refractivity contribution in [2.24, 2.45) is 0 Å². The molecule has 8 rings (SSSR count). The van der Waals surface area contributed by atoms with Crippen LogP contribution >= 0.6 is 95.2 Å². The van der Waals surface area contributed by atoms with Crippen LogP contribution in [0.1, 0.15) is 34.6 Å². The summed E-state index contributed by atoms with van der Waals surface area (Å²) in [4.78, 5) is 2.46. The number of nitrogens with zero attached hydrogens (tertiary/aromatic N) is 1. The van der Waals surface area contributed by atoms with Gasteiger partial charge in [-0.3, -0.25) is 4.90 Å². The second-order valence-corrected chi connectivity index (χ2v) is 25.8. The van der Waals surface area contributed by atoms with Crippen molar-refractivity contribution in [2.75, 3.05) is 6.54 Å².